The molecule has 5 aliphatic rings. The molecular weight excluding hydrogens is 628 g/mol. The fourth-order valence-corrected chi connectivity index (χ4v) is 10.3. The van der Waals surface area contributed by atoms with Crippen LogP contribution in [0.3, 0.4) is 0 Å². The molecule has 0 radical (unpaired) electrons. The molecule has 1 aromatic carbocycles. The Morgan fingerprint density at radius 1 is 0.918 bits per heavy atom. The molecule has 1 aliphatic heterocycles. The summed E-state index contributed by atoms with van der Waals surface area (Å²) in [4.78, 5) is 38.6. The van der Waals surface area contributed by atoms with Crippen molar-refractivity contribution < 1.29 is 42.8 Å². The lowest BCUT2D eigenvalue weighted by molar-refractivity contribution is -0.253. The van der Waals surface area contributed by atoms with E-state index < -0.39 is 42.1 Å². The molecular formula is C38H54N2O9. The van der Waals surface area contributed by atoms with E-state index in [1.165, 1.54) is 14.2 Å². The average molecular weight is 683 g/mol. The minimum atomic E-state index is -0.727. The number of methoxy groups -OCH3 is 1. The molecule has 2 amide bonds. The number of fused-ring (bicyclic) bond motifs is 5. The Morgan fingerprint density at radius 2 is 1.63 bits per heavy atom. The van der Waals surface area contributed by atoms with Crippen LogP contribution in [0.5, 0.6) is 0 Å². The summed E-state index contributed by atoms with van der Waals surface area (Å²) in [6, 6.07) is 9.19. The van der Waals surface area contributed by atoms with Crippen molar-refractivity contribution in [2.75, 3.05) is 32.7 Å². The van der Waals surface area contributed by atoms with Crippen LogP contribution in [0.1, 0.15) is 73.1 Å². The molecule has 10 atom stereocenters. The van der Waals surface area contributed by atoms with Crippen molar-refractivity contribution >= 4 is 24.0 Å². The van der Waals surface area contributed by atoms with Crippen molar-refractivity contribution in [3.63, 3.8) is 0 Å². The number of ether oxygens (including phenoxy) is 6. The lowest BCUT2D eigenvalue weighted by Crippen LogP contribution is -2.60. The largest absolute Gasteiger partial charge is 0.508 e. The number of hydrogen-bond acceptors (Lipinski definition) is 9. The quantitative estimate of drug-likeness (QED) is 0.180. The van der Waals surface area contributed by atoms with Gasteiger partial charge >= 0.3 is 18.3 Å². The molecule has 11 nitrogen and oxygen atoms in total. The van der Waals surface area contributed by atoms with Gasteiger partial charge in [0.05, 0.1) is 20.3 Å². The molecule has 11 heteroatoms. The normalized spacial score (nSPS) is 37.2. The highest BCUT2D eigenvalue weighted by molar-refractivity contribution is 5.84. The van der Waals surface area contributed by atoms with Gasteiger partial charge in [0.2, 0.25) is 0 Å². The van der Waals surface area contributed by atoms with Crippen LogP contribution in [0.15, 0.2) is 42.0 Å². The van der Waals surface area contributed by atoms with Gasteiger partial charge in [-0.3, -0.25) is 5.32 Å². The second-order valence-electron chi connectivity index (χ2n) is 16.1. The highest BCUT2D eigenvalue weighted by Crippen LogP contribution is 2.68. The Morgan fingerprint density at radius 3 is 2.31 bits per heavy atom. The molecule has 0 bridgehead atoms. The van der Waals surface area contributed by atoms with Crippen LogP contribution in [-0.2, 0) is 28.4 Å². The molecule has 3 saturated carbocycles. The van der Waals surface area contributed by atoms with E-state index in [0.717, 1.165) is 31.3 Å². The zero-order valence-corrected chi connectivity index (χ0v) is 30.0. The number of amides is 2. The number of anilines is 1. The molecule has 4 fully saturated rings. The van der Waals surface area contributed by atoms with E-state index in [1.807, 2.05) is 36.4 Å². The van der Waals surface area contributed by atoms with Gasteiger partial charge in [0.25, 0.3) is 0 Å². The van der Waals surface area contributed by atoms with Crippen molar-refractivity contribution in [2.24, 2.45) is 45.8 Å². The number of carbonyl (C=O) groups is 3. The maximum Gasteiger partial charge on any atom is 0.508 e. The maximum absolute atomic E-state index is 13.5. The zero-order valence-electron chi connectivity index (χ0n) is 30.0. The number of hydrogen-bond donors (Lipinski definition) is 2. The van der Waals surface area contributed by atoms with Crippen LogP contribution in [0, 0.1) is 45.8 Å². The number of para-hydroxylation sites is 1. The first kappa shape index (κ1) is 35.5. The van der Waals surface area contributed by atoms with Crippen LogP contribution in [0.25, 0.3) is 0 Å². The van der Waals surface area contributed by atoms with Crippen molar-refractivity contribution in [2.45, 2.75) is 97.7 Å². The lowest BCUT2D eigenvalue weighted by atomic mass is 9.45. The Balaban J connectivity index is 1.33. The first-order chi connectivity index (χ1) is 23.3. The van der Waals surface area contributed by atoms with Crippen molar-refractivity contribution in [3.8, 4) is 0 Å². The fourth-order valence-electron chi connectivity index (χ4n) is 10.3. The molecule has 4 aliphatic carbocycles. The van der Waals surface area contributed by atoms with Crippen LogP contribution in [0.2, 0.25) is 0 Å². The Kier molecular flexibility index (Phi) is 9.98. The minimum absolute atomic E-state index is 0.00256. The highest BCUT2D eigenvalue weighted by atomic mass is 16.7. The SMILES string of the molecule is CNC(=O)OC1CC2=CC(OC(=O)OC)[C@H]3[C@@H]4CC[C@H](C(C)C5OCC(C)(C)CO5)[C@@]4(C)CC[C@@H]3[C@@]2(C)C(OC(=O)Nc2ccccc2)C1. The molecule has 0 spiro atoms. The highest BCUT2D eigenvalue weighted by Gasteiger charge is 2.65. The molecule has 0 aromatic heterocycles. The first-order valence-electron chi connectivity index (χ1n) is 17.9. The van der Waals surface area contributed by atoms with E-state index in [1.54, 1.807) is 0 Å². The number of carbonyl (C=O) groups excluding carboxylic acids is 3. The molecule has 1 saturated heterocycles. The fraction of sp³-hybridized carbons (Fsp3) is 0.711. The number of rotatable bonds is 6. The van der Waals surface area contributed by atoms with Gasteiger partial charge in [-0.05, 0) is 67.1 Å². The third-order valence-corrected chi connectivity index (χ3v) is 12.7. The second-order valence-corrected chi connectivity index (χ2v) is 16.1. The minimum Gasteiger partial charge on any atom is -0.446 e. The van der Waals surface area contributed by atoms with Gasteiger partial charge in [0.1, 0.15) is 18.3 Å². The standard InChI is InChI=1S/C38H54N2O9/c1-22(32-45-20-36(2,3)21-46-32)26-13-14-27-31-28(15-16-37(26,27)4)38(5)23(18-29(31)48-35(43)44-7)17-25(47-33(41)39-6)19-30(38)49-34(42)40-24-11-9-8-10-12-24/h8-12,18,22,25-32H,13-17,19-21H2,1-7H3,(H,39,41)(H,40,42)/t22?,25?,26-,27+,28+,29?,30?,31+,37-,38+/m1/s1. The van der Waals surface area contributed by atoms with Gasteiger partial charge in [0.15, 0.2) is 6.29 Å². The van der Waals surface area contributed by atoms with Gasteiger partial charge in [-0.2, -0.15) is 0 Å². The van der Waals surface area contributed by atoms with Crippen molar-refractivity contribution in [1.29, 1.82) is 0 Å². The van der Waals surface area contributed by atoms with Crippen LogP contribution in [0.4, 0.5) is 20.1 Å². The number of benzene rings is 1. The summed E-state index contributed by atoms with van der Waals surface area (Å²) in [6.07, 6.45) is 2.92. The van der Waals surface area contributed by atoms with Gasteiger partial charge in [-0.25, -0.2) is 14.4 Å². The summed E-state index contributed by atoms with van der Waals surface area (Å²) in [5.74, 6) is 0.801. The lowest BCUT2D eigenvalue weighted by Gasteiger charge is -2.61. The number of alkyl carbamates (subject to hydrolysis) is 1. The summed E-state index contributed by atoms with van der Waals surface area (Å²) in [7, 11) is 2.84. The molecule has 6 rings (SSSR count). The summed E-state index contributed by atoms with van der Waals surface area (Å²) in [6.45, 7) is 12.5. The number of nitrogens with one attached hydrogen (secondary N) is 2. The Hall–Kier alpha value is -3.31. The summed E-state index contributed by atoms with van der Waals surface area (Å²) < 4.78 is 35.8. The van der Waals surface area contributed by atoms with Gasteiger partial charge in [-0.1, -0.05) is 58.4 Å². The monoisotopic (exact) mass is 682 g/mol. The summed E-state index contributed by atoms with van der Waals surface area (Å²) in [5.41, 5.74) is 0.976. The average Bonchev–Trinajstić information content (AvgIpc) is 3.42. The van der Waals surface area contributed by atoms with Crippen LogP contribution in [-0.4, -0.2) is 70.3 Å². The predicted octanol–water partition coefficient (Wildman–Crippen LogP) is 7.31. The van der Waals surface area contributed by atoms with E-state index in [9.17, 15) is 14.4 Å². The van der Waals surface area contributed by atoms with Gasteiger partial charge in [0, 0.05) is 48.2 Å². The third-order valence-electron chi connectivity index (χ3n) is 12.7. The predicted molar refractivity (Wildman–Crippen MR) is 182 cm³/mol. The molecule has 4 unspecified atom stereocenters. The van der Waals surface area contributed by atoms with Crippen LogP contribution >= 0.6 is 0 Å². The Bertz CT molecular complexity index is 1410. The van der Waals surface area contributed by atoms with Gasteiger partial charge in [-0.15, -0.1) is 0 Å². The molecule has 2 N–H and O–H groups in total. The third kappa shape index (κ3) is 6.77. The van der Waals surface area contributed by atoms with Crippen molar-refractivity contribution in [3.05, 3.63) is 42.0 Å². The van der Waals surface area contributed by atoms with E-state index in [0.29, 0.717) is 37.7 Å². The van der Waals surface area contributed by atoms with Crippen LogP contribution < -0.4 is 10.6 Å². The van der Waals surface area contributed by atoms with E-state index >= 15 is 0 Å². The van der Waals surface area contributed by atoms with Crippen molar-refractivity contribution in [1.82, 2.24) is 5.32 Å². The summed E-state index contributed by atoms with van der Waals surface area (Å²) >= 11 is 0. The van der Waals surface area contributed by atoms with E-state index in [-0.39, 0.29) is 40.8 Å². The van der Waals surface area contributed by atoms with E-state index in [4.69, 9.17) is 28.4 Å². The molecule has 1 heterocycles. The van der Waals surface area contributed by atoms with E-state index in [2.05, 4.69) is 45.3 Å². The zero-order chi connectivity index (χ0) is 35.1. The smallest absolute Gasteiger partial charge is 0.446 e. The maximum atomic E-state index is 13.5. The molecule has 270 valence electrons. The molecule has 1 aromatic rings. The van der Waals surface area contributed by atoms with Gasteiger partial charge < -0.3 is 33.7 Å². The topological polar surface area (TPSA) is 131 Å². The second kappa shape index (κ2) is 13.8. The molecule has 49 heavy (non-hydrogen) atoms. The Labute approximate surface area is 290 Å². The summed E-state index contributed by atoms with van der Waals surface area (Å²) in [5, 5.41) is 5.41. The first-order valence-corrected chi connectivity index (χ1v) is 17.9.